The van der Waals surface area contributed by atoms with E-state index in [1.165, 1.54) is 0 Å². The van der Waals surface area contributed by atoms with E-state index in [1.807, 2.05) is 73.0 Å². The average Bonchev–Trinajstić information content (AvgIpc) is 2.53. The molecule has 0 aliphatic carbocycles. The Morgan fingerprint density at radius 2 is 1.55 bits per heavy atom. The molecule has 2 atom stereocenters. The largest absolute Gasteiger partial charge is 0.370 e. The molecule has 0 aliphatic heterocycles. The molecule has 2 rings (SSSR count). The molecule has 0 saturated heterocycles. The van der Waals surface area contributed by atoms with Gasteiger partial charge in [-0.25, -0.2) is 0 Å². The molecule has 0 fully saturated rings. The van der Waals surface area contributed by atoms with E-state index in [2.05, 4.69) is 0 Å². The second-order valence-corrected chi connectivity index (χ2v) is 4.66. The van der Waals surface area contributed by atoms with E-state index in [9.17, 15) is 4.79 Å². The van der Waals surface area contributed by atoms with Gasteiger partial charge in [-0.1, -0.05) is 60.7 Å². The lowest BCUT2D eigenvalue weighted by Gasteiger charge is -2.22. The first-order valence-electron chi connectivity index (χ1n) is 6.74. The molecule has 0 aromatic heterocycles. The second-order valence-electron chi connectivity index (χ2n) is 4.66. The van der Waals surface area contributed by atoms with E-state index in [4.69, 9.17) is 4.74 Å². The third-order valence-electron chi connectivity index (χ3n) is 3.43. The molecule has 0 heterocycles. The van der Waals surface area contributed by atoms with Crippen LogP contribution in [0.5, 0.6) is 0 Å². The van der Waals surface area contributed by atoms with Crippen LogP contribution in [0.15, 0.2) is 60.7 Å². The first kappa shape index (κ1) is 14.4. The highest BCUT2D eigenvalue weighted by Crippen LogP contribution is 2.21. The summed E-state index contributed by atoms with van der Waals surface area (Å²) in [5, 5.41) is 1.91. The minimum Gasteiger partial charge on any atom is -0.370 e. The van der Waals surface area contributed by atoms with Crippen LogP contribution in [0.3, 0.4) is 0 Å². The molecule has 0 unspecified atom stereocenters. The molecule has 0 saturated carbocycles. The van der Waals surface area contributed by atoms with Crippen LogP contribution >= 0.6 is 0 Å². The molecular formula is C17H20NO2+. The number of ether oxygens (including phenoxy) is 1. The Labute approximate surface area is 119 Å². The number of hydrogen-bond donors (Lipinski definition) is 1. The Morgan fingerprint density at radius 1 is 1.00 bits per heavy atom. The Balaban J connectivity index is 2.29. The fraction of sp³-hybridized carbons (Fsp3) is 0.235. The lowest BCUT2D eigenvalue weighted by Crippen LogP contribution is -2.89. The Morgan fingerprint density at radius 3 is 2.05 bits per heavy atom. The van der Waals surface area contributed by atoms with Crippen LogP contribution in [0, 0.1) is 0 Å². The average molecular weight is 270 g/mol. The van der Waals surface area contributed by atoms with Gasteiger partial charge in [0.25, 0.3) is 0 Å². The lowest BCUT2D eigenvalue weighted by molar-refractivity contribution is -0.657. The molecule has 3 nitrogen and oxygen atoms in total. The van der Waals surface area contributed by atoms with Crippen LogP contribution in [0.2, 0.25) is 0 Å². The van der Waals surface area contributed by atoms with Gasteiger partial charge in [0.2, 0.25) is 5.78 Å². The first-order valence-corrected chi connectivity index (χ1v) is 6.74. The van der Waals surface area contributed by atoms with Crippen molar-refractivity contribution < 1.29 is 14.8 Å². The van der Waals surface area contributed by atoms with Crippen LogP contribution in [-0.2, 0) is 4.74 Å². The van der Waals surface area contributed by atoms with Crippen molar-refractivity contribution in [3.8, 4) is 0 Å². The summed E-state index contributed by atoms with van der Waals surface area (Å²) in [6.45, 7) is 0. The molecule has 0 radical (unpaired) electrons. The number of hydrogen-bond acceptors (Lipinski definition) is 2. The number of ketones is 1. The van der Waals surface area contributed by atoms with Gasteiger partial charge in [0.1, 0.15) is 6.10 Å². The number of quaternary nitrogens is 1. The van der Waals surface area contributed by atoms with Crippen molar-refractivity contribution in [1.82, 2.24) is 0 Å². The zero-order valence-corrected chi connectivity index (χ0v) is 11.8. The number of Topliss-reactive ketones (excluding diaryl/α,β-unsaturated/α-hetero) is 1. The van der Waals surface area contributed by atoms with Crippen molar-refractivity contribution in [2.75, 3.05) is 14.2 Å². The van der Waals surface area contributed by atoms with Gasteiger partial charge in [0.15, 0.2) is 6.04 Å². The maximum atomic E-state index is 12.6. The van der Waals surface area contributed by atoms with Crippen LogP contribution < -0.4 is 5.32 Å². The number of nitrogens with two attached hydrogens (primary N) is 1. The van der Waals surface area contributed by atoms with E-state index in [-0.39, 0.29) is 17.9 Å². The number of rotatable bonds is 6. The molecule has 0 amide bonds. The Bertz CT molecular complexity index is 539. The zero-order valence-electron chi connectivity index (χ0n) is 11.8. The molecule has 104 valence electrons. The summed E-state index contributed by atoms with van der Waals surface area (Å²) in [7, 11) is 3.55. The van der Waals surface area contributed by atoms with Gasteiger partial charge < -0.3 is 10.1 Å². The quantitative estimate of drug-likeness (QED) is 0.814. The van der Waals surface area contributed by atoms with E-state index in [0.29, 0.717) is 5.56 Å². The zero-order chi connectivity index (χ0) is 14.4. The van der Waals surface area contributed by atoms with Gasteiger partial charge in [-0.15, -0.1) is 0 Å². The topological polar surface area (TPSA) is 42.9 Å². The maximum Gasteiger partial charge on any atom is 0.222 e. The van der Waals surface area contributed by atoms with Gasteiger partial charge in [-0.3, -0.25) is 4.79 Å². The summed E-state index contributed by atoms with van der Waals surface area (Å²) in [6, 6.07) is 18.9. The summed E-state index contributed by atoms with van der Waals surface area (Å²) in [5.41, 5.74) is 1.73. The summed E-state index contributed by atoms with van der Waals surface area (Å²) in [5.74, 6) is 0.0869. The van der Waals surface area contributed by atoms with Crippen LogP contribution in [0.4, 0.5) is 0 Å². The van der Waals surface area contributed by atoms with E-state index < -0.39 is 0 Å². The molecular weight excluding hydrogens is 250 g/mol. The minimum atomic E-state index is -0.287. The molecule has 2 aromatic rings. The normalized spacial score (nSPS) is 13.7. The third-order valence-corrected chi connectivity index (χ3v) is 3.43. The van der Waals surface area contributed by atoms with Gasteiger partial charge in [-0.2, -0.15) is 0 Å². The smallest absolute Gasteiger partial charge is 0.222 e. The van der Waals surface area contributed by atoms with Gasteiger partial charge in [-0.05, 0) is 5.56 Å². The van der Waals surface area contributed by atoms with E-state index in [0.717, 1.165) is 5.56 Å². The van der Waals surface area contributed by atoms with Crippen molar-refractivity contribution in [3.05, 3.63) is 71.8 Å². The Hall–Kier alpha value is -1.97. The summed E-state index contributed by atoms with van der Waals surface area (Å²) < 4.78 is 5.58. The van der Waals surface area contributed by atoms with Crippen LogP contribution in [0.25, 0.3) is 0 Å². The second kappa shape index (κ2) is 6.98. The van der Waals surface area contributed by atoms with Crippen LogP contribution in [0.1, 0.15) is 22.0 Å². The number of likely N-dealkylation sites (N-methyl/N-ethyl adjacent to an activating group) is 1. The standard InChI is InChI=1S/C17H19NO2/c1-18-15(16(19)13-9-5-3-6-10-13)17(20-2)14-11-7-4-8-12-14/h3-12,15,17-18H,1-2H3/p+1/t15-,17+/m0/s1. The van der Waals surface area contributed by atoms with Gasteiger partial charge in [0.05, 0.1) is 7.05 Å². The minimum absolute atomic E-state index is 0.0869. The van der Waals surface area contributed by atoms with Gasteiger partial charge >= 0.3 is 0 Å². The maximum absolute atomic E-state index is 12.6. The third kappa shape index (κ3) is 3.13. The predicted octanol–water partition coefficient (Wildman–Crippen LogP) is 1.82. The SMILES string of the molecule is C[NH2+][C@@H](C(=O)c1ccccc1)[C@H](OC)c1ccccc1. The lowest BCUT2D eigenvalue weighted by atomic mass is 9.95. The van der Waals surface area contributed by atoms with Gasteiger partial charge in [0, 0.05) is 12.7 Å². The number of carbonyl (C=O) groups is 1. The molecule has 0 bridgehead atoms. The molecule has 0 aliphatic rings. The van der Waals surface area contributed by atoms with Crippen molar-refractivity contribution in [3.63, 3.8) is 0 Å². The fourth-order valence-corrected chi connectivity index (χ4v) is 2.39. The molecule has 3 heteroatoms. The monoisotopic (exact) mass is 270 g/mol. The van der Waals surface area contributed by atoms with E-state index >= 15 is 0 Å². The summed E-state index contributed by atoms with van der Waals surface area (Å²) in [6.07, 6.45) is -0.256. The van der Waals surface area contributed by atoms with Crippen LogP contribution in [-0.4, -0.2) is 26.0 Å². The molecule has 2 aromatic carbocycles. The van der Waals surface area contributed by atoms with Crippen molar-refractivity contribution in [1.29, 1.82) is 0 Å². The number of benzene rings is 2. The van der Waals surface area contributed by atoms with E-state index in [1.54, 1.807) is 7.11 Å². The van der Waals surface area contributed by atoms with Crippen molar-refractivity contribution in [2.45, 2.75) is 12.1 Å². The first-order chi connectivity index (χ1) is 9.77. The van der Waals surface area contributed by atoms with Crippen molar-refractivity contribution in [2.24, 2.45) is 0 Å². The number of carbonyl (C=O) groups excluding carboxylic acids is 1. The summed E-state index contributed by atoms with van der Waals surface area (Å²) >= 11 is 0. The molecule has 20 heavy (non-hydrogen) atoms. The Kier molecular flexibility index (Phi) is 5.04. The molecule has 2 N–H and O–H groups in total. The predicted molar refractivity (Wildman–Crippen MR) is 78.6 cm³/mol. The summed E-state index contributed by atoms with van der Waals surface area (Å²) in [4.78, 5) is 12.6. The molecule has 0 spiro atoms. The number of methoxy groups -OCH3 is 1. The fourth-order valence-electron chi connectivity index (χ4n) is 2.39. The highest BCUT2D eigenvalue weighted by Gasteiger charge is 2.32. The van der Waals surface area contributed by atoms with Crippen molar-refractivity contribution >= 4 is 5.78 Å². The highest BCUT2D eigenvalue weighted by molar-refractivity contribution is 5.99. The highest BCUT2D eigenvalue weighted by atomic mass is 16.5.